The minimum absolute atomic E-state index is 0.221. The van der Waals surface area contributed by atoms with E-state index < -0.39 is 0 Å². The summed E-state index contributed by atoms with van der Waals surface area (Å²) in [5.74, 6) is 1.22. The number of amides is 2. The first-order valence-electron chi connectivity index (χ1n) is 7.11. The van der Waals surface area contributed by atoms with Crippen LogP contribution >= 0.6 is 0 Å². The van der Waals surface area contributed by atoms with E-state index in [0.717, 1.165) is 0 Å². The fourth-order valence-electron chi connectivity index (χ4n) is 2.10. The number of nitrogens with one attached hydrogen (secondary N) is 1. The van der Waals surface area contributed by atoms with Crippen molar-refractivity contribution in [2.75, 3.05) is 46.3 Å². The number of benzene rings is 1. The van der Waals surface area contributed by atoms with Gasteiger partial charge >= 0.3 is 6.03 Å². The zero-order valence-electron chi connectivity index (χ0n) is 13.1. The Morgan fingerprint density at radius 2 is 2.05 bits per heavy atom. The first kappa shape index (κ1) is 16.4. The topological polar surface area (TPSA) is 69.3 Å². The second kappa shape index (κ2) is 7.86. The van der Waals surface area contributed by atoms with Crippen molar-refractivity contribution in [2.45, 2.75) is 12.7 Å². The average molecular weight is 310 g/mol. The third-order valence-electron chi connectivity index (χ3n) is 3.39. The molecule has 1 heterocycles. The summed E-state index contributed by atoms with van der Waals surface area (Å²) in [5, 5.41) is 2.81. The van der Waals surface area contributed by atoms with E-state index in [-0.39, 0.29) is 12.3 Å². The minimum atomic E-state index is -0.232. The lowest BCUT2D eigenvalue weighted by atomic mass is 10.2. The van der Waals surface area contributed by atoms with Crippen LogP contribution in [0.1, 0.15) is 6.42 Å². The van der Waals surface area contributed by atoms with E-state index in [1.54, 1.807) is 44.4 Å². The number of carbonyl (C=O) groups excluding carboxylic acids is 1. The molecule has 0 saturated carbocycles. The molecule has 1 saturated heterocycles. The Hall–Kier alpha value is -1.99. The van der Waals surface area contributed by atoms with Gasteiger partial charge in [0.05, 0.1) is 33.1 Å². The van der Waals surface area contributed by atoms with Gasteiger partial charge in [-0.2, -0.15) is 0 Å². The van der Waals surface area contributed by atoms with Crippen molar-refractivity contribution in [3.8, 4) is 11.5 Å². The lowest BCUT2D eigenvalue weighted by molar-refractivity contribution is -0.0488. The fraction of sp³-hybridized carbons (Fsp3) is 0.533. The van der Waals surface area contributed by atoms with Crippen LogP contribution in [-0.2, 0) is 9.47 Å². The van der Waals surface area contributed by atoms with Crippen molar-refractivity contribution >= 4 is 11.7 Å². The quantitative estimate of drug-likeness (QED) is 0.869. The molecule has 0 atom stereocenters. The number of rotatable bonds is 6. The van der Waals surface area contributed by atoms with Gasteiger partial charge in [-0.3, -0.25) is 0 Å². The van der Waals surface area contributed by atoms with Gasteiger partial charge in [0.2, 0.25) is 0 Å². The fourth-order valence-corrected chi connectivity index (χ4v) is 2.10. The van der Waals surface area contributed by atoms with E-state index in [0.29, 0.717) is 43.4 Å². The highest BCUT2D eigenvalue weighted by atomic mass is 16.7. The van der Waals surface area contributed by atoms with Gasteiger partial charge in [0.25, 0.3) is 0 Å². The van der Waals surface area contributed by atoms with E-state index in [1.807, 2.05) is 0 Å². The van der Waals surface area contributed by atoms with Gasteiger partial charge in [0, 0.05) is 26.1 Å². The van der Waals surface area contributed by atoms with E-state index >= 15 is 0 Å². The maximum Gasteiger partial charge on any atom is 0.321 e. The third-order valence-corrected chi connectivity index (χ3v) is 3.39. The summed E-state index contributed by atoms with van der Waals surface area (Å²) in [7, 11) is 4.84. The molecule has 0 aliphatic carbocycles. The number of hydrogen-bond donors (Lipinski definition) is 1. The predicted octanol–water partition coefficient (Wildman–Crippen LogP) is 1.93. The molecule has 1 aliphatic heterocycles. The molecule has 122 valence electrons. The molecule has 0 bridgehead atoms. The predicted molar refractivity (Wildman–Crippen MR) is 81.5 cm³/mol. The highest BCUT2D eigenvalue weighted by Crippen LogP contribution is 2.29. The van der Waals surface area contributed by atoms with Crippen LogP contribution < -0.4 is 14.8 Å². The average Bonchev–Trinajstić information content (AvgIpc) is 3.05. The summed E-state index contributed by atoms with van der Waals surface area (Å²) in [6.45, 7) is 1.76. The summed E-state index contributed by atoms with van der Waals surface area (Å²) in [6, 6.07) is 5.00. The van der Waals surface area contributed by atoms with Gasteiger partial charge < -0.3 is 29.2 Å². The summed E-state index contributed by atoms with van der Waals surface area (Å²) >= 11 is 0. The number of carbonyl (C=O) groups is 1. The Bertz CT molecular complexity index is 503. The second-order valence-electron chi connectivity index (χ2n) is 4.88. The molecule has 2 amide bonds. The Kier molecular flexibility index (Phi) is 5.85. The maximum absolute atomic E-state index is 12.2. The van der Waals surface area contributed by atoms with Gasteiger partial charge in [-0.05, 0) is 12.1 Å². The largest absolute Gasteiger partial charge is 0.497 e. The van der Waals surface area contributed by atoms with E-state index in [9.17, 15) is 4.79 Å². The zero-order valence-corrected chi connectivity index (χ0v) is 13.1. The molecular weight excluding hydrogens is 288 g/mol. The molecule has 1 N–H and O–H groups in total. The molecule has 0 aromatic heterocycles. The van der Waals surface area contributed by atoms with Crippen LogP contribution in [0.15, 0.2) is 18.2 Å². The lowest BCUT2D eigenvalue weighted by Gasteiger charge is -2.20. The molecule has 0 radical (unpaired) electrons. The number of anilines is 1. The summed E-state index contributed by atoms with van der Waals surface area (Å²) in [4.78, 5) is 13.8. The maximum atomic E-state index is 12.2. The molecule has 1 aromatic carbocycles. The second-order valence-corrected chi connectivity index (χ2v) is 4.88. The van der Waals surface area contributed by atoms with Crippen molar-refractivity contribution in [1.82, 2.24) is 4.90 Å². The Balaban J connectivity index is 1.92. The summed E-state index contributed by atoms with van der Waals surface area (Å²) in [5.41, 5.74) is 0.562. The SMILES string of the molecule is COc1ccc(OC)c(NC(=O)N(C)CCC2OCCO2)c1. The van der Waals surface area contributed by atoms with Crippen LogP contribution in [-0.4, -0.2) is 58.2 Å². The van der Waals surface area contributed by atoms with Gasteiger partial charge in [-0.25, -0.2) is 4.79 Å². The molecular formula is C15H22N2O5. The number of hydrogen-bond acceptors (Lipinski definition) is 5. The summed E-state index contributed by atoms with van der Waals surface area (Å²) < 4.78 is 21.1. The molecule has 0 spiro atoms. The first-order chi connectivity index (χ1) is 10.6. The van der Waals surface area contributed by atoms with Crippen LogP contribution in [0.5, 0.6) is 11.5 Å². The van der Waals surface area contributed by atoms with Crippen molar-refractivity contribution in [2.24, 2.45) is 0 Å². The van der Waals surface area contributed by atoms with E-state index in [1.165, 1.54) is 0 Å². The number of urea groups is 1. The van der Waals surface area contributed by atoms with Crippen molar-refractivity contribution < 1.29 is 23.7 Å². The lowest BCUT2D eigenvalue weighted by Crippen LogP contribution is -2.33. The minimum Gasteiger partial charge on any atom is -0.497 e. The molecule has 0 unspecified atom stereocenters. The zero-order chi connectivity index (χ0) is 15.9. The molecule has 1 fully saturated rings. The highest BCUT2D eigenvalue weighted by Gasteiger charge is 2.18. The first-order valence-corrected chi connectivity index (χ1v) is 7.11. The van der Waals surface area contributed by atoms with Crippen molar-refractivity contribution in [1.29, 1.82) is 0 Å². The van der Waals surface area contributed by atoms with Crippen LogP contribution in [0, 0.1) is 0 Å². The molecule has 2 rings (SSSR count). The monoisotopic (exact) mass is 310 g/mol. The van der Waals surface area contributed by atoms with Gasteiger partial charge in [0.15, 0.2) is 6.29 Å². The van der Waals surface area contributed by atoms with Crippen LogP contribution in [0.3, 0.4) is 0 Å². The van der Waals surface area contributed by atoms with E-state index in [4.69, 9.17) is 18.9 Å². The molecule has 22 heavy (non-hydrogen) atoms. The Morgan fingerprint density at radius 3 is 2.68 bits per heavy atom. The molecule has 7 nitrogen and oxygen atoms in total. The highest BCUT2D eigenvalue weighted by molar-refractivity contribution is 5.91. The molecule has 7 heteroatoms. The van der Waals surface area contributed by atoms with Gasteiger partial charge in [0.1, 0.15) is 11.5 Å². The smallest absolute Gasteiger partial charge is 0.321 e. The van der Waals surface area contributed by atoms with Crippen LogP contribution in [0.2, 0.25) is 0 Å². The van der Waals surface area contributed by atoms with Crippen molar-refractivity contribution in [3.63, 3.8) is 0 Å². The summed E-state index contributed by atoms with van der Waals surface area (Å²) in [6.07, 6.45) is 0.417. The third kappa shape index (κ3) is 4.25. The van der Waals surface area contributed by atoms with Gasteiger partial charge in [-0.1, -0.05) is 0 Å². The standard InChI is InChI=1S/C15H22N2O5/c1-17(7-6-14-21-8-9-22-14)15(18)16-12-10-11(19-2)4-5-13(12)20-3/h4-5,10,14H,6-9H2,1-3H3,(H,16,18). The molecule has 1 aromatic rings. The Morgan fingerprint density at radius 1 is 1.32 bits per heavy atom. The molecule has 1 aliphatic rings. The van der Waals surface area contributed by atoms with Crippen molar-refractivity contribution in [3.05, 3.63) is 18.2 Å². The number of ether oxygens (including phenoxy) is 4. The van der Waals surface area contributed by atoms with Crippen LogP contribution in [0.4, 0.5) is 10.5 Å². The normalized spacial score (nSPS) is 14.7. The van der Waals surface area contributed by atoms with Gasteiger partial charge in [-0.15, -0.1) is 0 Å². The number of methoxy groups -OCH3 is 2. The van der Waals surface area contributed by atoms with E-state index in [2.05, 4.69) is 5.32 Å². The van der Waals surface area contributed by atoms with Crippen LogP contribution in [0.25, 0.3) is 0 Å². The number of nitrogens with zero attached hydrogens (tertiary/aromatic N) is 1. The Labute approximate surface area is 130 Å².